The summed E-state index contributed by atoms with van der Waals surface area (Å²) in [4.78, 5) is 12.8. The molecule has 20 heavy (non-hydrogen) atoms. The third kappa shape index (κ3) is 2.76. The van der Waals surface area contributed by atoms with Crippen molar-refractivity contribution in [3.8, 4) is 0 Å². The lowest BCUT2D eigenvalue weighted by Gasteiger charge is -2.37. The molecule has 0 amide bonds. The number of carbonyl (C=O) groups excluding carboxylic acids is 1. The van der Waals surface area contributed by atoms with Crippen molar-refractivity contribution in [2.75, 3.05) is 23.8 Å². The quantitative estimate of drug-likeness (QED) is 0.651. The van der Waals surface area contributed by atoms with Gasteiger partial charge in [-0.1, -0.05) is 15.9 Å². The van der Waals surface area contributed by atoms with E-state index in [-0.39, 0.29) is 17.3 Å². The molecular weight excluding hydrogens is 338 g/mol. The van der Waals surface area contributed by atoms with Crippen LogP contribution in [0.5, 0.6) is 0 Å². The van der Waals surface area contributed by atoms with Gasteiger partial charge in [-0.25, -0.2) is 0 Å². The lowest BCUT2D eigenvalue weighted by atomic mass is 9.81. The van der Waals surface area contributed by atoms with Crippen LogP contribution in [0, 0.1) is 5.92 Å². The normalized spacial score (nSPS) is 29.8. The molecule has 3 nitrogen and oxygen atoms in total. The molecule has 2 N–H and O–H groups in total. The molecule has 0 aliphatic carbocycles. The van der Waals surface area contributed by atoms with E-state index in [1.165, 1.54) is 0 Å². The van der Waals surface area contributed by atoms with Gasteiger partial charge in [0.05, 0.1) is 5.60 Å². The summed E-state index contributed by atoms with van der Waals surface area (Å²) in [5.41, 5.74) is 7.09. The number of nitrogens with two attached hydrogens (primary N) is 1. The fraction of sp³-hybridized carbons (Fsp3) is 0.533. The number of halogens is 1. The lowest BCUT2D eigenvalue weighted by molar-refractivity contribution is -0.0734. The summed E-state index contributed by atoms with van der Waals surface area (Å²) in [5, 5.41) is 0. The number of ether oxygens (including phenoxy) is 1. The predicted octanol–water partition coefficient (Wildman–Crippen LogP) is 3.52. The molecule has 5 heteroatoms. The molecule has 1 spiro atoms. The number of rotatable bonds is 2. The molecule has 2 unspecified atom stereocenters. The van der Waals surface area contributed by atoms with Crippen molar-refractivity contribution in [3.63, 3.8) is 0 Å². The van der Waals surface area contributed by atoms with E-state index in [9.17, 15) is 4.79 Å². The van der Waals surface area contributed by atoms with Gasteiger partial charge in [0.1, 0.15) is 0 Å². The number of thioether (sulfide) groups is 1. The van der Waals surface area contributed by atoms with Gasteiger partial charge >= 0.3 is 0 Å². The van der Waals surface area contributed by atoms with E-state index in [0.717, 1.165) is 35.2 Å². The Morgan fingerprint density at radius 3 is 3.10 bits per heavy atom. The van der Waals surface area contributed by atoms with E-state index >= 15 is 0 Å². The molecule has 3 rings (SSSR count). The van der Waals surface area contributed by atoms with Crippen LogP contribution < -0.4 is 5.73 Å². The lowest BCUT2D eigenvalue weighted by Crippen LogP contribution is -2.42. The molecule has 2 heterocycles. The maximum atomic E-state index is 12.8. The minimum absolute atomic E-state index is 0.0561. The van der Waals surface area contributed by atoms with Gasteiger partial charge in [-0.15, -0.1) is 0 Å². The third-order valence-electron chi connectivity index (χ3n) is 4.19. The third-order valence-corrected chi connectivity index (χ3v) is 6.10. The number of ketones is 1. The summed E-state index contributed by atoms with van der Waals surface area (Å²) < 4.78 is 6.82. The first-order chi connectivity index (χ1) is 9.60. The molecular formula is C15H18BrNO2S. The minimum Gasteiger partial charge on any atom is -0.399 e. The van der Waals surface area contributed by atoms with Gasteiger partial charge < -0.3 is 10.5 Å². The summed E-state index contributed by atoms with van der Waals surface area (Å²) >= 11 is 5.39. The SMILES string of the molecule is Nc1ccc(Br)c(C(=O)C2CCOC3(CCSC3)C2)c1. The van der Waals surface area contributed by atoms with Crippen LogP contribution in [0.15, 0.2) is 22.7 Å². The number of hydrogen-bond donors (Lipinski definition) is 1. The topological polar surface area (TPSA) is 52.3 Å². The van der Waals surface area contributed by atoms with Crippen LogP contribution in [-0.2, 0) is 4.74 Å². The van der Waals surface area contributed by atoms with Crippen LogP contribution in [0.1, 0.15) is 29.6 Å². The molecule has 2 aliphatic heterocycles. The second kappa shape index (κ2) is 5.70. The summed E-state index contributed by atoms with van der Waals surface area (Å²) in [6.07, 6.45) is 2.73. The monoisotopic (exact) mass is 355 g/mol. The molecule has 108 valence electrons. The smallest absolute Gasteiger partial charge is 0.167 e. The van der Waals surface area contributed by atoms with Crippen molar-refractivity contribution >= 4 is 39.2 Å². The minimum atomic E-state index is -0.0595. The summed E-state index contributed by atoms with van der Waals surface area (Å²) in [7, 11) is 0. The highest BCUT2D eigenvalue weighted by Crippen LogP contribution is 2.41. The Kier molecular flexibility index (Phi) is 4.11. The standard InChI is InChI=1S/C15H18BrNO2S/c16-13-2-1-11(17)7-12(13)14(18)10-3-5-19-15(8-10)4-6-20-9-15/h1-2,7,10H,3-6,8-9,17H2. The van der Waals surface area contributed by atoms with E-state index < -0.39 is 0 Å². The second-order valence-corrected chi connectivity index (χ2v) is 7.59. The zero-order valence-corrected chi connectivity index (χ0v) is 13.6. The van der Waals surface area contributed by atoms with Gasteiger partial charge in [0.25, 0.3) is 0 Å². The molecule has 0 radical (unpaired) electrons. The van der Waals surface area contributed by atoms with Gasteiger partial charge in [-0.3, -0.25) is 4.79 Å². The highest BCUT2D eigenvalue weighted by molar-refractivity contribution is 9.10. The summed E-state index contributed by atoms with van der Waals surface area (Å²) in [5.74, 6) is 2.42. The van der Waals surface area contributed by atoms with Crippen LogP contribution >= 0.6 is 27.7 Å². The Labute approximate surface area is 131 Å². The Hall–Kier alpha value is -0.520. The van der Waals surface area contributed by atoms with Crippen molar-refractivity contribution < 1.29 is 9.53 Å². The number of anilines is 1. The van der Waals surface area contributed by atoms with Crippen molar-refractivity contribution in [3.05, 3.63) is 28.2 Å². The Morgan fingerprint density at radius 1 is 1.50 bits per heavy atom. The molecule has 0 bridgehead atoms. The molecule has 1 aromatic carbocycles. The first kappa shape index (κ1) is 14.4. The van der Waals surface area contributed by atoms with Crippen LogP contribution in [0.2, 0.25) is 0 Å². The van der Waals surface area contributed by atoms with Gasteiger partial charge in [0.15, 0.2) is 5.78 Å². The van der Waals surface area contributed by atoms with Crippen LogP contribution in [0.4, 0.5) is 5.69 Å². The Bertz CT molecular complexity index is 529. The van der Waals surface area contributed by atoms with E-state index in [1.807, 2.05) is 17.8 Å². The molecule has 2 atom stereocenters. The van der Waals surface area contributed by atoms with Crippen molar-refractivity contribution in [2.24, 2.45) is 5.92 Å². The number of hydrogen-bond acceptors (Lipinski definition) is 4. The first-order valence-electron chi connectivity index (χ1n) is 6.91. The summed E-state index contributed by atoms with van der Waals surface area (Å²) in [6.45, 7) is 0.691. The zero-order chi connectivity index (χ0) is 14.2. The Balaban J connectivity index is 1.81. The molecule has 2 fully saturated rings. The van der Waals surface area contributed by atoms with Gasteiger partial charge in [-0.2, -0.15) is 11.8 Å². The first-order valence-corrected chi connectivity index (χ1v) is 8.85. The summed E-state index contributed by atoms with van der Waals surface area (Å²) in [6, 6.07) is 5.43. The van der Waals surface area contributed by atoms with Crippen LogP contribution in [0.3, 0.4) is 0 Å². The van der Waals surface area contributed by atoms with Crippen molar-refractivity contribution in [1.82, 2.24) is 0 Å². The maximum Gasteiger partial charge on any atom is 0.167 e. The van der Waals surface area contributed by atoms with Crippen LogP contribution in [0.25, 0.3) is 0 Å². The molecule has 0 aromatic heterocycles. The van der Waals surface area contributed by atoms with Crippen molar-refractivity contribution in [2.45, 2.75) is 24.9 Å². The number of benzene rings is 1. The number of carbonyl (C=O) groups is 1. The van der Waals surface area contributed by atoms with Gasteiger partial charge in [0.2, 0.25) is 0 Å². The highest BCUT2D eigenvalue weighted by atomic mass is 79.9. The number of Topliss-reactive ketones (excluding diaryl/α,β-unsaturated/α-hetero) is 1. The van der Waals surface area contributed by atoms with E-state index in [1.54, 1.807) is 12.1 Å². The van der Waals surface area contributed by atoms with E-state index in [4.69, 9.17) is 10.5 Å². The average Bonchev–Trinajstić information content (AvgIpc) is 2.88. The van der Waals surface area contributed by atoms with E-state index in [0.29, 0.717) is 17.9 Å². The van der Waals surface area contributed by atoms with Gasteiger partial charge in [-0.05, 0) is 43.2 Å². The molecule has 2 aliphatic rings. The van der Waals surface area contributed by atoms with Crippen molar-refractivity contribution in [1.29, 1.82) is 0 Å². The largest absolute Gasteiger partial charge is 0.399 e. The second-order valence-electron chi connectivity index (χ2n) is 5.63. The number of nitrogen functional groups attached to an aromatic ring is 1. The average molecular weight is 356 g/mol. The molecule has 2 saturated heterocycles. The fourth-order valence-electron chi connectivity index (χ4n) is 3.07. The van der Waals surface area contributed by atoms with Crippen LogP contribution in [-0.4, -0.2) is 29.5 Å². The zero-order valence-electron chi connectivity index (χ0n) is 11.2. The van der Waals surface area contributed by atoms with Gasteiger partial charge in [0, 0.05) is 34.0 Å². The molecule has 0 saturated carbocycles. The predicted molar refractivity (Wildman–Crippen MR) is 86.2 cm³/mol. The Morgan fingerprint density at radius 2 is 2.35 bits per heavy atom. The highest BCUT2D eigenvalue weighted by Gasteiger charge is 2.42. The maximum absolute atomic E-state index is 12.8. The van der Waals surface area contributed by atoms with E-state index in [2.05, 4.69) is 15.9 Å². The fourth-order valence-corrected chi connectivity index (χ4v) is 4.89. The molecule has 1 aromatic rings.